The summed E-state index contributed by atoms with van der Waals surface area (Å²) in [4.78, 5) is 23.0. The number of piperidine rings is 1. The molecule has 0 aromatic carbocycles. The summed E-state index contributed by atoms with van der Waals surface area (Å²) < 4.78 is 4.80. The topological polar surface area (TPSA) is 79.5 Å². The number of amides is 2. The molecule has 17 heavy (non-hydrogen) atoms. The molecule has 98 valence electrons. The van der Waals surface area contributed by atoms with Gasteiger partial charge in [-0.25, -0.2) is 0 Å². The number of carbonyl (C=O) groups is 2. The van der Waals surface area contributed by atoms with Crippen LogP contribution in [0.4, 0.5) is 0 Å². The van der Waals surface area contributed by atoms with Crippen LogP contribution in [-0.4, -0.2) is 51.2 Å². The Kier molecular flexibility index (Phi) is 6.57. The fraction of sp³-hybridized carbons (Fsp3) is 0.818. The molecular formula is C11H21N3O3. The molecule has 0 aromatic heterocycles. The smallest absolute Gasteiger partial charge is 0.239 e. The Morgan fingerprint density at radius 3 is 2.82 bits per heavy atom. The summed E-state index contributed by atoms with van der Waals surface area (Å²) in [5.41, 5.74) is 0. The summed E-state index contributed by atoms with van der Waals surface area (Å²) in [6, 6.07) is -0.143. The number of methoxy groups -OCH3 is 1. The van der Waals surface area contributed by atoms with Gasteiger partial charge in [0.25, 0.3) is 0 Å². The standard InChI is InChI=1S/C11H21N3O3/c1-17-7-6-13-10(15)8-14-11(16)9-4-2-3-5-12-9/h9,12H,2-8H2,1H3,(H,13,15)(H,14,16). The first-order valence-corrected chi connectivity index (χ1v) is 6.00. The lowest BCUT2D eigenvalue weighted by atomic mass is 10.0. The van der Waals surface area contributed by atoms with Crippen molar-refractivity contribution in [3.63, 3.8) is 0 Å². The van der Waals surface area contributed by atoms with Gasteiger partial charge in [-0.15, -0.1) is 0 Å². The predicted octanol–water partition coefficient (Wildman–Crippen LogP) is -0.993. The van der Waals surface area contributed by atoms with Gasteiger partial charge in [0, 0.05) is 13.7 Å². The molecule has 0 aliphatic carbocycles. The van der Waals surface area contributed by atoms with E-state index in [1.54, 1.807) is 7.11 Å². The number of hydrogen-bond acceptors (Lipinski definition) is 4. The summed E-state index contributed by atoms with van der Waals surface area (Å²) in [5.74, 6) is -0.280. The van der Waals surface area contributed by atoms with E-state index < -0.39 is 0 Å². The van der Waals surface area contributed by atoms with E-state index in [1.165, 1.54) is 0 Å². The quantitative estimate of drug-likeness (QED) is 0.523. The number of nitrogens with one attached hydrogen (secondary N) is 3. The van der Waals surface area contributed by atoms with Crippen molar-refractivity contribution in [2.45, 2.75) is 25.3 Å². The van der Waals surface area contributed by atoms with Gasteiger partial charge in [0.05, 0.1) is 19.2 Å². The highest BCUT2D eigenvalue weighted by molar-refractivity contribution is 5.87. The minimum absolute atomic E-state index is 0.0285. The molecular weight excluding hydrogens is 222 g/mol. The predicted molar refractivity (Wildman–Crippen MR) is 63.5 cm³/mol. The average Bonchev–Trinajstić information content (AvgIpc) is 2.37. The molecule has 1 aliphatic rings. The zero-order chi connectivity index (χ0) is 12.5. The molecule has 1 saturated heterocycles. The van der Waals surface area contributed by atoms with Crippen molar-refractivity contribution in [2.75, 3.05) is 33.4 Å². The van der Waals surface area contributed by atoms with E-state index >= 15 is 0 Å². The summed E-state index contributed by atoms with van der Waals surface area (Å²) in [5, 5.41) is 8.40. The zero-order valence-corrected chi connectivity index (χ0v) is 10.3. The molecule has 6 nitrogen and oxygen atoms in total. The third kappa shape index (κ3) is 5.65. The van der Waals surface area contributed by atoms with Gasteiger partial charge in [-0.2, -0.15) is 0 Å². The van der Waals surface area contributed by atoms with Crippen molar-refractivity contribution in [1.82, 2.24) is 16.0 Å². The summed E-state index contributed by atoms with van der Waals surface area (Å²) >= 11 is 0. The third-order valence-electron chi connectivity index (χ3n) is 2.68. The minimum atomic E-state index is -0.189. The molecule has 0 radical (unpaired) electrons. The van der Waals surface area contributed by atoms with Crippen LogP contribution in [0.15, 0.2) is 0 Å². The first-order valence-electron chi connectivity index (χ1n) is 6.00. The number of ether oxygens (including phenoxy) is 1. The van der Waals surface area contributed by atoms with E-state index in [9.17, 15) is 9.59 Å². The van der Waals surface area contributed by atoms with Gasteiger partial charge in [-0.1, -0.05) is 6.42 Å². The molecule has 1 heterocycles. The van der Waals surface area contributed by atoms with Gasteiger partial charge in [-0.05, 0) is 19.4 Å². The molecule has 0 saturated carbocycles. The molecule has 6 heteroatoms. The molecule has 1 fully saturated rings. The van der Waals surface area contributed by atoms with Gasteiger partial charge in [0.1, 0.15) is 0 Å². The molecule has 1 rings (SSSR count). The third-order valence-corrected chi connectivity index (χ3v) is 2.68. The van der Waals surface area contributed by atoms with Gasteiger partial charge < -0.3 is 20.7 Å². The van der Waals surface area contributed by atoms with Crippen molar-refractivity contribution in [1.29, 1.82) is 0 Å². The molecule has 0 spiro atoms. The lowest BCUT2D eigenvalue weighted by Crippen LogP contribution is -2.49. The fourth-order valence-electron chi connectivity index (χ4n) is 1.72. The molecule has 0 bridgehead atoms. The van der Waals surface area contributed by atoms with Gasteiger partial charge in [0.2, 0.25) is 11.8 Å². The van der Waals surface area contributed by atoms with E-state index in [4.69, 9.17) is 4.74 Å². The lowest BCUT2D eigenvalue weighted by Gasteiger charge is -2.22. The van der Waals surface area contributed by atoms with Crippen LogP contribution in [0, 0.1) is 0 Å². The lowest BCUT2D eigenvalue weighted by molar-refractivity contribution is -0.127. The van der Waals surface area contributed by atoms with Crippen LogP contribution < -0.4 is 16.0 Å². The molecule has 1 aliphatic heterocycles. The minimum Gasteiger partial charge on any atom is -0.383 e. The zero-order valence-electron chi connectivity index (χ0n) is 10.3. The Hall–Kier alpha value is -1.14. The monoisotopic (exact) mass is 243 g/mol. The van der Waals surface area contributed by atoms with Crippen LogP contribution in [0.25, 0.3) is 0 Å². The van der Waals surface area contributed by atoms with Gasteiger partial charge in [-0.3, -0.25) is 9.59 Å². The summed E-state index contributed by atoms with van der Waals surface area (Å²) in [6.45, 7) is 1.84. The van der Waals surface area contributed by atoms with Crippen LogP contribution in [0.1, 0.15) is 19.3 Å². The second kappa shape index (κ2) is 8.03. The second-order valence-electron chi connectivity index (χ2n) is 4.06. The van der Waals surface area contributed by atoms with E-state index in [-0.39, 0.29) is 24.4 Å². The van der Waals surface area contributed by atoms with E-state index in [0.29, 0.717) is 13.2 Å². The highest BCUT2D eigenvalue weighted by Gasteiger charge is 2.20. The van der Waals surface area contributed by atoms with E-state index in [0.717, 1.165) is 25.8 Å². The maximum atomic E-state index is 11.7. The highest BCUT2D eigenvalue weighted by atomic mass is 16.5. The van der Waals surface area contributed by atoms with Gasteiger partial charge >= 0.3 is 0 Å². The van der Waals surface area contributed by atoms with Gasteiger partial charge in [0.15, 0.2) is 0 Å². The van der Waals surface area contributed by atoms with Crippen molar-refractivity contribution in [3.8, 4) is 0 Å². The Bertz CT molecular complexity index is 252. The highest BCUT2D eigenvalue weighted by Crippen LogP contribution is 2.06. The van der Waals surface area contributed by atoms with Crippen LogP contribution in [0.5, 0.6) is 0 Å². The molecule has 0 aromatic rings. The van der Waals surface area contributed by atoms with Crippen LogP contribution in [0.2, 0.25) is 0 Å². The SMILES string of the molecule is COCCNC(=O)CNC(=O)C1CCCCN1. The molecule has 3 N–H and O–H groups in total. The largest absolute Gasteiger partial charge is 0.383 e. The van der Waals surface area contributed by atoms with Crippen molar-refractivity contribution in [2.24, 2.45) is 0 Å². The number of carbonyl (C=O) groups excluding carboxylic acids is 2. The summed E-state index contributed by atoms with van der Waals surface area (Å²) in [6.07, 6.45) is 3.02. The normalized spacial score (nSPS) is 19.7. The van der Waals surface area contributed by atoms with E-state index in [2.05, 4.69) is 16.0 Å². The Balaban J connectivity index is 2.11. The van der Waals surface area contributed by atoms with Crippen LogP contribution in [-0.2, 0) is 14.3 Å². The number of rotatable bonds is 6. The second-order valence-corrected chi connectivity index (χ2v) is 4.06. The number of hydrogen-bond donors (Lipinski definition) is 3. The van der Waals surface area contributed by atoms with Crippen LogP contribution >= 0.6 is 0 Å². The van der Waals surface area contributed by atoms with Crippen molar-refractivity contribution in [3.05, 3.63) is 0 Å². The molecule has 1 unspecified atom stereocenters. The summed E-state index contributed by atoms with van der Waals surface area (Å²) in [7, 11) is 1.57. The van der Waals surface area contributed by atoms with Crippen LogP contribution in [0.3, 0.4) is 0 Å². The average molecular weight is 243 g/mol. The van der Waals surface area contributed by atoms with Crippen molar-refractivity contribution >= 4 is 11.8 Å². The Morgan fingerprint density at radius 1 is 1.35 bits per heavy atom. The maximum absolute atomic E-state index is 11.7. The first-order chi connectivity index (χ1) is 8.24. The Morgan fingerprint density at radius 2 is 2.18 bits per heavy atom. The Labute approximate surface area is 101 Å². The van der Waals surface area contributed by atoms with E-state index in [1.807, 2.05) is 0 Å². The fourth-order valence-corrected chi connectivity index (χ4v) is 1.72. The first kappa shape index (κ1) is 13.9. The van der Waals surface area contributed by atoms with Crippen molar-refractivity contribution < 1.29 is 14.3 Å². The molecule has 1 atom stereocenters. The maximum Gasteiger partial charge on any atom is 0.239 e. The molecule has 2 amide bonds.